The lowest BCUT2D eigenvalue weighted by Gasteiger charge is -2.16. The number of hydrogen-bond donors (Lipinski definition) is 0. The number of para-hydroxylation sites is 1. The predicted molar refractivity (Wildman–Crippen MR) is 60.2 cm³/mol. The van der Waals surface area contributed by atoms with Gasteiger partial charge in [0.25, 0.3) is 0 Å². The highest BCUT2D eigenvalue weighted by molar-refractivity contribution is 5.71. The van der Waals surface area contributed by atoms with E-state index < -0.39 is 0 Å². The third-order valence-electron chi connectivity index (χ3n) is 2.38. The topological polar surface area (TPSA) is 29.5 Å². The summed E-state index contributed by atoms with van der Waals surface area (Å²) in [6.07, 6.45) is -0.310. The van der Waals surface area contributed by atoms with Crippen molar-refractivity contribution in [2.45, 2.75) is 20.8 Å². The summed E-state index contributed by atoms with van der Waals surface area (Å²) in [6.45, 7) is 6.42. The third kappa shape index (κ3) is 2.72. The number of benzene rings is 1. The van der Waals surface area contributed by atoms with E-state index in [2.05, 4.69) is 0 Å². The molecule has 0 bridgehead atoms. The van der Waals surface area contributed by atoms with Crippen LogP contribution in [0.2, 0.25) is 0 Å². The summed E-state index contributed by atoms with van der Waals surface area (Å²) < 4.78 is 5.32. The first-order valence-electron chi connectivity index (χ1n) is 5.05. The van der Waals surface area contributed by atoms with E-state index in [1.54, 1.807) is 7.05 Å². The average Bonchev–Trinajstić information content (AvgIpc) is 2.22. The summed E-state index contributed by atoms with van der Waals surface area (Å²) in [5.74, 6) is 0.669. The molecule has 1 aromatic rings. The maximum atomic E-state index is 11.6. The van der Waals surface area contributed by atoms with Crippen molar-refractivity contribution in [2.24, 2.45) is 0 Å². The van der Waals surface area contributed by atoms with Gasteiger partial charge in [0.05, 0.1) is 0 Å². The van der Waals surface area contributed by atoms with Crippen molar-refractivity contribution in [1.82, 2.24) is 4.90 Å². The number of amides is 1. The van der Waals surface area contributed by atoms with E-state index in [1.165, 1.54) is 4.90 Å². The van der Waals surface area contributed by atoms with Gasteiger partial charge in [0.2, 0.25) is 0 Å². The molecule has 0 aliphatic carbocycles. The van der Waals surface area contributed by atoms with Crippen molar-refractivity contribution < 1.29 is 9.53 Å². The smallest absolute Gasteiger partial charge is 0.410 e. The average molecular weight is 207 g/mol. The molecule has 0 atom stereocenters. The molecule has 0 fully saturated rings. The third-order valence-corrected chi connectivity index (χ3v) is 2.38. The largest absolute Gasteiger partial charge is 0.414 e. The van der Waals surface area contributed by atoms with E-state index in [-0.39, 0.29) is 6.09 Å². The molecule has 0 aliphatic heterocycles. The summed E-state index contributed by atoms with van der Waals surface area (Å²) in [6, 6.07) is 5.81. The first-order chi connectivity index (χ1) is 7.06. The second kappa shape index (κ2) is 4.82. The molecule has 0 unspecified atom stereocenters. The number of ether oxygens (including phenoxy) is 1. The molecule has 82 valence electrons. The van der Waals surface area contributed by atoms with Gasteiger partial charge >= 0.3 is 6.09 Å². The monoisotopic (exact) mass is 207 g/mol. The van der Waals surface area contributed by atoms with Gasteiger partial charge in [-0.3, -0.25) is 0 Å². The van der Waals surface area contributed by atoms with E-state index in [9.17, 15) is 4.79 Å². The Hall–Kier alpha value is -1.51. The molecule has 0 aliphatic rings. The lowest BCUT2D eigenvalue weighted by atomic mass is 10.1. The van der Waals surface area contributed by atoms with E-state index >= 15 is 0 Å². The maximum Gasteiger partial charge on any atom is 0.414 e. The van der Waals surface area contributed by atoms with Crippen LogP contribution in [0.3, 0.4) is 0 Å². The molecule has 1 aromatic carbocycles. The number of rotatable bonds is 2. The van der Waals surface area contributed by atoms with Gasteiger partial charge in [0.15, 0.2) is 0 Å². The van der Waals surface area contributed by atoms with Gasteiger partial charge in [-0.15, -0.1) is 0 Å². The summed E-state index contributed by atoms with van der Waals surface area (Å²) in [7, 11) is 1.72. The van der Waals surface area contributed by atoms with Crippen molar-refractivity contribution in [2.75, 3.05) is 13.6 Å². The zero-order chi connectivity index (χ0) is 11.4. The lowest BCUT2D eigenvalue weighted by Crippen LogP contribution is -2.29. The van der Waals surface area contributed by atoms with E-state index in [0.717, 1.165) is 11.1 Å². The van der Waals surface area contributed by atoms with Crippen LogP contribution in [0.1, 0.15) is 18.1 Å². The van der Waals surface area contributed by atoms with E-state index in [0.29, 0.717) is 12.3 Å². The minimum absolute atomic E-state index is 0.310. The Morgan fingerprint density at radius 2 is 1.87 bits per heavy atom. The van der Waals surface area contributed by atoms with Gasteiger partial charge < -0.3 is 9.64 Å². The summed E-state index contributed by atoms with van der Waals surface area (Å²) in [5.41, 5.74) is 1.96. The van der Waals surface area contributed by atoms with Crippen molar-refractivity contribution in [3.05, 3.63) is 29.3 Å². The molecule has 3 nitrogen and oxygen atoms in total. The highest BCUT2D eigenvalue weighted by Gasteiger charge is 2.12. The first-order valence-corrected chi connectivity index (χ1v) is 5.05. The van der Waals surface area contributed by atoms with Crippen molar-refractivity contribution in [3.63, 3.8) is 0 Å². The normalized spacial score (nSPS) is 9.87. The maximum absolute atomic E-state index is 11.6. The number of nitrogens with zero attached hydrogens (tertiary/aromatic N) is 1. The number of carbonyl (C=O) groups is 1. The SMILES string of the molecule is CCN(C)C(=O)Oc1c(C)cccc1C. The Bertz CT molecular complexity index is 340. The molecule has 0 saturated carbocycles. The Labute approximate surface area is 90.7 Å². The second-order valence-corrected chi connectivity index (χ2v) is 3.60. The molecule has 0 heterocycles. The minimum atomic E-state index is -0.310. The van der Waals surface area contributed by atoms with Crippen LogP contribution in [0.25, 0.3) is 0 Å². The molecule has 15 heavy (non-hydrogen) atoms. The van der Waals surface area contributed by atoms with Crippen LogP contribution < -0.4 is 4.74 Å². The van der Waals surface area contributed by atoms with Crippen molar-refractivity contribution in [3.8, 4) is 5.75 Å². The number of aryl methyl sites for hydroxylation is 2. The van der Waals surface area contributed by atoms with Crippen LogP contribution in [0.4, 0.5) is 4.79 Å². The molecule has 0 saturated heterocycles. The van der Waals surface area contributed by atoms with Crippen molar-refractivity contribution in [1.29, 1.82) is 0 Å². The summed E-state index contributed by atoms with van der Waals surface area (Å²) in [4.78, 5) is 13.1. The number of carbonyl (C=O) groups excluding carboxylic acids is 1. The molecule has 0 spiro atoms. The zero-order valence-electron chi connectivity index (χ0n) is 9.70. The van der Waals surface area contributed by atoms with Gasteiger partial charge in [-0.05, 0) is 31.9 Å². The molecule has 0 N–H and O–H groups in total. The molecular weight excluding hydrogens is 190 g/mol. The molecule has 1 rings (SSSR count). The van der Waals surface area contributed by atoms with E-state index in [1.807, 2.05) is 39.0 Å². The predicted octanol–water partition coefficient (Wildman–Crippen LogP) is 2.75. The van der Waals surface area contributed by atoms with Gasteiger partial charge in [0.1, 0.15) is 5.75 Å². The fraction of sp³-hybridized carbons (Fsp3) is 0.417. The molecule has 0 aromatic heterocycles. The summed E-state index contributed by atoms with van der Waals surface area (Å²) in [5, 5.41) is 0. The quantitative estimate of drug-likeness (QED) is 0.746. The summed E-state index contributed by atoms with van der Waals surface area (Å²) >= 11 is 0. The van der Waals surface area contributed by atoms with Crippen LogP contribution in [0, 0.1) is 13.8 Å². The number of hydrogen-bond acceptors (Lipinski definition) is 2. The van der Waals surface area contributed by atoms with Gasteiger partial charge in [-0.25, -0.2) is 4.79 Å². The van der Waals surface area contributed by atoms with E-state index in [4.69, 9.17) is 4.74 Å². The minimum Gasteiger partial charge on any atom is -0.410 e. The Balaban J connectivity index is 2.85. The Morgan fingerprint density at radius 3 is 2.33 bits per heavy atom. The highest BCUT2D eigenvalue weighted by atomic mass is 16.6. The molecular formula is C12H17NO2. The Morgan fingerprint density at radius 1 is 1.33 bits per heavy atom. The molecule has 0 radical (unpaired) electrons. The van der Waals surface area contributed by atoms with Crippen LogP contribution in [-0.2, 0) is 0 Å². The van der Waals surface area contributed by atoms with Crippen molar-refractivity contribution >= 4 is 6.09 Å². The second-order valence-electron chi connectivity index (χ2n) is 3.60. The lowest BCUT2D eigenvalue weighted by molar-refractivity contribution is 0.164. The molecule has 3 heteroatoms. The molecule has 1 amide bonds. The standard InChI is InChI=1S/C12H17NO2/c1-5-13(4)12(14)15-11-9(2)7-6-8-10(11)3/h6-8H,5H2,1-4H3. The van der Waals surface area contributed by atoms with Gasteiger partial charge in [0, 0.05) is 13.6 Å². The van der Waals surface area contributed by atoms with Crippen LogP contribution in [-0.4, -0.2) is 24.6 Å². The fourth-order valence-corrected chi connectivity index (χ4v) is 1.25. The van der Waals surface area contributed by atoms with Crippen LogP contribution in [0.15, 0.2) is 18.2 Å². The Kier molecular flexibility index (Phi) is 3.72. The van der Waals surface area contributed by atoms with Crippen LogP contribution >= 0.6 is 0 Å². The first kappa shape index (κ1) is 11.6. The highest BCUT2D eigenvalue weighted by Crippen LogP contribution is 2.22. The van der Waals surface area contributed by atoms with Crippen LogP contribution in [0.5, 0.6) is 5.75 Å². The zero-order valence-corrected chi connectivity index (χ0v) is 9.70. The van der Waals surface area contributed by atoms with Gasteiger partial charge in [-0.2, -0.15) is 0 Å². The van der Waals surface area contributed by atoms with Gasteiger partial charge in [-0.1, -0.05) is 18.2 Å². The fourth-order valence-electron chi connectivity index (χ4n) is 1.25.